The van der Waals surface area contributed by atoms with Gasteiger partial charge in [0.05, 0.1) is 17.9 Å². The van der Waals surface area contributed by atoms with Crippen LogP contribution in [-0.2, 0) is 15.7 Å². The summed E-state index contributed by atoms with van der Waals surface area (Å²) in [7, 11) is 1.97. The number of nitrogens with one attached hydrogen (secondary N) is 1. The van der Waals surface area contributed by atoms with E-state index in [0.29, 0.717) is 13.1 Å². The van der Waals surface area contributed by atoms with E-state index in [2.05, 4.69) is 15.4 Å². The Balaban J connectivity index is 0.00000338. The molecule has 0 saturated carbocycles. The molecule has 0 radical (unpaired) electrons. The van der Waals surface area contributed by atoms with Crippen LogP contribution in [0.1, 0.15) is 12.5 Å². The topological polar surface area (TPSA) is 57.2 Å². The number of anilines is 1. The smallest absolute Gasteiger partial charge is 0.416 e. The van der Waals surface area contributed by atoms with E-state index >= 15 is 0 Å². The summed E-state index contributed by atoms with van der Waals surface area (Å²) in [6, 6.07) is 4.64. The predicted molar refractivity (Wildman–Crippen MR) is 95.5 cm³/mol. The number of hydrogen-bond donors (Lipinski definition) is 1. The average molecular weight is 395 g/mol. The number of carbonyl (C=O) groups excluding carboxylic acids is 1. The third kappa shape index (κ3) is 6.06. The second-order valence-corrected chi connectivity index (χ2v) is 5.64. The van der Waals surface area contributed by atoms with Crippen LogP contribution < -0.4 is 5.43 Å². The van der Waals surface area contributed by atoms with E-state index in [0.717, 1.165) is 25.2 Å². The van der Waals surface area contributed by atoms with Crippen molar-refractivity contribution < 1.29 is 22.7 Å². The van der Waals surface area contributed by atoms with Gasteiger partial charge in [-0.25, -0.2) is 4.79 Å². The molecule has 1 heterocycles. The molecule has 1 N–H and O–H groups in total. The highest BCUT2D eigenvalue weighted by Crippen LogP contribution is 2.30. The molecule has 0 aliphatic carbocycles. The Labute approximate surface area is 156 Å². The van der Waals surface area contributed by atoms with Crippen LogP contribution in [0.4, 0.5) is 18.9 Å². The van der Waals surface area contributed by atoms with Crippen molar-refractivity contribution >= 4 is 29.9 Å². The first-order valence-electron chi connectivity index (χ1n) is 7.93. The van der Waals surface area contributed by atoms with E-state index in [9.17, 15) is 18.0 Å². The summed E-state index contributed by atoms with van der Waals surface area (Å²) < 4.78 is 43.3. The number of ether oxygens (including phenoxy) is 1. The van der Waals surface area contributed by atoms with Crippen molar-refractivity contribution in [2.24, 2.45) is 5.10 Å². The van der Waals surface area contributed by atoms with E-state index in [4.69, 9.17) is 4.74 Å². The number of piperazine rings is 1. The molecule has 26 heavy (non-hydrogen) atoms. The number of amidine groups is 1. The lowest BCUT2D eigenvalue weighted by atomic mass is 10.2. The molecule has 1 saturated heterocycles. The van der Waals surface area contributed by atoms with Gasteiger partial charge < -0.3 is 14.5 Å². The third-order valence-corrected chi connectivity index (χ3v) is 3.74. The van der Waals surface area contributed by atoms with Gasteiger partial charge in [-0.15, -0.1) is 17.5 Å². The molecule has 1 aromatic carbocycles. The van der Waals surface area contributed by atoms with Crippen molar-refractivity contribution in [2.45, 2.75) is 13.1 Å². The van der Waals surface area contributed by atoms with Gasteiger partial charge in [0, 0.05) is 26.2 Å². The Morgan fingerprint density at radius 2 is 1.92 bits per heavy atom. The molecule has 0 amide bonds. The molecule has 0 aromatic heterocycles. The maximum atomic E-state index is 12.8. The fraction of sp³-hybridized carbons (Fsp3) is 0.500. The minimum atomic E-state index is -4.44. The predicted octanol–water partition coefficient (Wildman–Crippen LogP) is 2.66. The quantitative estimate of drug-likeness (QED) is 0.370. The highest BCUT2D eigenvalue weighted by Gasteiger charge is 2.30. The standard InChI is InChI=1S/C16H21F3N4O2.ClH/c1-3-25-15(24)14(23-9-7-22(2)8-10-23)21-20-13-6-4-5-12(11-13)16(17,18)19;/h4-6,11,20H,3,7-10H2,1-2H3;1H/b21-14-;. The molecule has 0 spiro atoms. The highest BCUT2D eigenvalue weighted by molar-refractivity contribution is 6.35. The van der Waals surface area contributed by atoms with E-state index in [1.165, 1.54) is 12.1 Å². The van der Waals surface area contributed by atoms with Crippen molar-refractivity contribution in [3.8, 4) is 0 Å². The van der Waals surface area contributed by atoms with Crippen molar-refractivity contribution in [3.05, 3.63) is 29.8 Å². The van der Waals surface area contributed by atoms with E-state index in [-0.39, 0.29) is 30.5 Å². The van der Waals surface area contributed by atoms with E-state index < -0.39 is 17.7 Å². The Kier molecular flexibility index (Phi) is 8.16. The molecule has 10 heteroatoms. The van der Waals surface area contributed by atoms with Gasteiger partial charge in [0.1, 0.15) is 0 Å². The van der Waals surface area contributed by atoms with Gasteiger partial charge in [0.15, 0.2) is 0 Å². The Bertz CT molecular complexity index is 632. The largest absolute Gasteiger partial charge is 0.460 e. The number of halogens is 4. The zero-order valence-electron chi connectivity index (χ0n) is 14.5. The lowest BCUT2D eigenvalue weighted by Gasteiger charge is -2.33. The highest BCUT2D eigenvalue weighted by atomic mass is 35.5. The molecule has 1 aromatic rings. The fourth-order valence-corrected chi connectivity index (χ4v) is 2.34. The molecule has 6 nitrogen and oxygen atoms in total. The number of hydrazone groups is 1. The van der Waals surface area contributed by atoms with Crippen molar-refractivity contribution in [1.82, 2.24) is 9.80 Å². The summed E-state index contributed by atoms with van der Waals surface area (Å²) >= 11 is 0. The van der Waals surface area contributed by atoms with Gasteiger partial charge in [-0.3, -0.25) is 5.43 Å². The maximum absolute atomic E-state index is 12.8. The summed E-state index contributed by atoms with van der Waals surface area (Å²) in [4.78, 5) is 16.0. The lowest BCUT2D eigenvalue weighted by Crippen LogP contribution is -2.50. The molecular formula is C16H22ClF3N4O2. The van der Waals surface area contributed by atoms with Gasteiger partial charge in [-0.1, -0.05) is 6.07 Å². The number of nitrogens with zero attached hydrogens (tertiary/aromatic N) is 3. The van der Waals surface area contributed by atoms with Crippen LogP contribution in [0.5, 0.6) is 0 Å². The van der Waals surface area contributed by atoms with Crippen LogP contribution in [0.3, 0.4) is 0 Å². The molecule has 1 aliphatic heterocycles. The lowest BCUT2D eigenvalue weighted by molar-refractivity contribution is -0.138. The molecule has 2 rings (SSSR count). The van der Waals surface area contributed by atoms with Crippen LogP contribution in [0.25, 0.3) is 0 Å². The number of hydrogen-bond acceptors (Lipinski definition) is 5. The fourth-order valence-electron chi connectivity index (χ4n) is 2.34. The van der Waals surface area contributed by atoms with Gasteiger partial charge in [0.25, 0.3) is 0 Å². The van der Waals surface area contributed by atoms with Gasteiger partial charge in [-0.2, -0.15) is 13.2 Å². The van der Waals surface area contributed by atoms with Gasteiger partial charge in [0.2, 0.25) is 5.84 Å². The second kappa shape index (κ2) is 9.63. The van der Waals surface area contributed by atoms with E-state index in [1.807, 2.05) is 7.05 Å². The van der Waals surface area contributed by atoms with Crippen LogP contribution in [0.2, 0.25) is 0 Å². The van der Waals surface area contributed by atoms with Crippen LogP contribution >= 0.6 is 12.4 Å². The first-order chi connectivity index (χ1) is 11.8. The number of carbonyl (C=O) groups is 1. The first kappa shape index (κ1) is 22.0. The van der Waals surface area contributed by atoms with Crippen molar-refractivity contribution in [3.63, 3.8) is 0 Å². The molecule has 0 atom stereocenters. The maximum Gasteiger partial charge on any atom is 0.416 e. The number of esters is 1. The zero-order chi connectivity index (χ0) is 18.4. The SMILES string of the molecule is CCOC(=O)/C(=N/Nc1cccc(C(F)(F)F)c1)N1CCN(C)CC1.Cl. The monoisotopic (exact) mass is 394 g/mol. The second-order valence-electron chi connectivity index (χ2n) is 5.64. The third-order valence-electron chi connectivity index (χ3n) is 3.74. The average Bonchev–Trinajstić information content (AvgIpc) is 2.56. The van der Waals surface area contributed by atoms with Crippen LogP contribution in [0, 0.1) is 0 Å². The number of benzene rings is 1. The summed E-state index contributed by atoms with van der Waals surface area (Å²) in [5.74, 6) is -0.543. The summed E-state index contributed by atoms with van der Waals surface area (Å²) in [6.45, 7) is 4.54. The zero-order valence-corrected chi connectivity index (χ0v) is 15.4. The molecule has 0 unspecified atom stereocenters. The van der Waals surface area contributed by atoms with Crippen molar-refractivity contribution in [1.29, 1.82) is 0 Å². The minimum Gasteiger partial charge on any atom is -0.460 e. The van der Waals surface area contributed by atoms with E-state index in [1.54, 1.807) is 11.8 Å². The number of rotatable bonds is 3. The first-order valence-corrected chi connectivity index (χ1v) is 7.93. The van der Waals surface area contributed by atoms with Crippen LogP contribution in [-0.4, -0.2) is 61.4 Å². The summed E-state index contributed by atoms with van der Waals surface area (Å²) in [5.41, 5.74) is 1.89. The molecule has 1 aliphatic rings. The van der Waals surface area contributed by atoms with Crippen LogP contribution in [0.15, 0.2) is 29.4 Å². The Hall–Kier alpha value is -2.00. The normalized spacial score (nSPS) is 16.0. The molecule has 1 fully saturated rings. The van der Waals surface area contributed by atoms with Crippen molar-refractivity contribution in [2.75, 3.05) is 45.3 Å². The molecule has 0 bridgehead atoms. The number of likely N-dealkylation sites (N-methyl/N-ethyl adjacent to an activating group) is 1. The molecule has 146 valence electrons. The molecular weight excluding hydrogens is 373 g/mol. The summed E-state index contributed by atoms with van der Waals surface area (Å²) in [5, 5.41) is 4.02. The Morgan fingerprint density at radius 1 is 1.27 bits per heavy atom. The van der Waals surface area contributed by atoms with Gasteiger partial charge in [-0.05, 0) is 32.2 Å². The summed E-state index contributed by atoms with van der Waals surface area (Å²) in [6.07, 6.45) is -4.44. The number of alkyl halides is 3. The minimum absolute atomic E-state index is 0. The van der Waals surface area contributed by atoms with Gasteiger partial charge >= 0.3 is 12.1 Å². The Morgan fingerprint density at radius 3 is 2.50 bits per heavy atom.